The van der Waals surface area contributed by atoms with Crippen LogP contribution in [0.5, 0.6) is 0 Å². The molecule has 0 bridgehead atoms. The fourth-order valence-electron chi connectivity index (χ4n) is 2.46. The van der Waals surface area contributed by atoms with Crippen LogP contribution < -0.4 is 0 Å². The van der Waals surface area contributed by atoms with E-state index in [1.54, 1.807) is 18.2 Å². The van der Waals surface area contributed by atoms with Crippen molar-refractivity contribution < 1.29 is 34.5 Å². The molecule has 2 aromatic rings. The highest BCUT2D eigenvalue weighted by molar-refractivity contribution is 6.18. The zero-order chi connectivity index (χ0) is 18.0. The Morgan fingerprint density at radius 1 is 0.750 bits per heavy atom. The molecule has 0 heterocycles. The second kappa shape index (κ2) is 6.33. The fourth-order valence-corrected chi connectivity index (χ4v) is 2.46. The van der Waals surface area contributed by atoms with Crippen LogP contribution >= 0.6 is 0 Å². The Morgan fingerprint density at radius 3 is 1.71 bits per heavy atom. The molecule has 0 unspecified atom stereocenters. The number of carbonyl (C=O) groups excluding carboxylic acids is 1. The molecule has 2 aromatic carbocycles. The zero-order valence-electron chi connectivity index (χ0n) is 12.4. The van der Waals surface area contributed by atoms with E-state index in [2.05, 4.69) is 0 Å². The lowest BCUT2D eigenvalue weighted by molar-refractivity contribution is 0.0647. The summed E-state index contributed by atoms with van der Waals surface area (Å²) in [5.74, 6) is -5.34. The SMILES string of the molecule is Cc1c(C(=O)O)c(C(=O)O)cc(C(=O)O)c1C(=O)c1ccccc1. The minimum absolute atomic E-state index is 0.169. The minimum Gasteiger partial charge on any atom is -0.478 e. The number of rotatable bonds is 5. The Kier molecular flexibility index (Phi) is 4.45. The Labute approximate surface area is 135 Å². The summed E-state index contributed by atoms with van der Waals surface area (Å²) in [5, 5.41) is 27.8. The number of carboxylic acid groups (broad SMARTS) is 3. The van der Waals surface area contributed by atoms with Gasteiger partial charge in [-0.3, -0.25) is 4.79 Å². The van der Waals surface area contributed by atoms with Gasteiger partial charge in [0.2, 0.25) is 0 Å². The summed E-state index contributed by atoms with van der Waals surface area (Å²) in [4.78, 5) is 46.8. The van der Waals surface area contributed by atoms with Crippen molar-refractivity contribution >= 4 is 23.7 Å². The number of carbonyl (C=O) groups is 4. The molecule has 0 aliphatic rings. The molecule has 7 heteroatoms. The molecule has 7 nitrogen and oxygen atoms in total. The van der Waals surface area contributed by atoms with Gasteiger partial charge in [0, 0.05) is 11.1 Å². The van der Waals surface area contributed by atoms with E-state index in [0.29, 0.717) is 6.07 Å². The first-order chi connectivity index (χ1) is 11.3. The zero-order valence-corrected chi connectivity index (χ0v) is 12.4. The third-order valence-electron chi connectivity index (χ3n) is 3.52. The van der Waals surface area contributed by atoms with Crippen molar-refractivity contribution in [1.82, 2.24) is 0 Å². The summed E-state index contributed by atoms with van der Waals surface area (Å²) in [5.41, 5.74) is -2.20. The molecule has 24 heavy (non-hydrogen) atoms. The normalized spacial score (nSPS) is 10.2. The van der Waals surface area contributed by atoms with Gasteiger partial charge in [0.05, 0.1) is 16.7 Å². The lowest BCUT2D eigenvalue weighted by Gasteiger charge is -2.14. The van der Waals surface area contributed by atoms with E-state index < -0.39 is 40.4 Å². The molecule has 0 radical (unpaired) electrons. The van der Waals surface area contributed by atoms with Crippen LogP contribution in [0.4, 0.5) is 0 Å². The highest BCUT2D eigenvalue weighted by Gasteiger charge is 2.29. The lowest BCUT2D eigenvalue weighted by atomic mass is 9.88. The van der Waals surface area contributed by atoms with Crippen molar-refractivity contribution in [2.24, 2.45) is 0 Å². The Balaban J connectivity index is 2.86. The van der Waals surface area contributed by atoms with Crippen LogP contribution in [-0.4, -0.2) is 39.0 Å². The average Bonchev–Trinajstić information content (AvgIpc) is 2.53. The van der Waals surface area contributed by atoms with Crippen LogP contribution in [0.1, 0.15) is 52.6 Å². The third kappa shape index (κ3) is 2.87. The Hall–Kier alpha value is -3.48. The van der Waals surface area contributed by atoms with Crippen LogP contribution in [0.15, 0.2) is 36.4 Å². The molecule has 122 valence electrons. The number of hydrogen-bond acceptors (Lipinski definition) is 4. The van der Waals surface area contributed by atoms with Gasteiger partial charge >= 0.3 is 17.9 Å². The largest absolute Gasteiger partial charge is 0.478 e. The van der Waals surface area contributed by atoms with Crippen LogP contribution in [0.2, 0.25) is 0 Å². The molecule has 3 N–H and O–H groups in total. The number of benzene rings is 2. The second-order valence-corrected chi connectivity index (χ2v) is 4.96. The molecular weight excluding hydrogens is 316 g/mol. The Bertz CT molecular complexity index is 866. The maximum absolute atomic E-state index is 12.6. The standard InChI is InChI=1S/C17H12O7/c1-8-12(14(18)9-5-3-2-4-6-9)10(15(19)20)7-11(16(21)22)13(8)17(23)24/h2-7H,1H3,(H,19,20)(H,21,22)(H,23,24). The van der Waals surface area contributed by atoms with Gasteiger partial charge in [-0.15, -0.1) is 0 Å². The molecule has 0 saturated carbocycles. The maximum atomic E-state index is 12.6. The van der Waals surface area contributed by atoms with Crippen LogP contribution in [0, 0.1) is 6.92 Å². The minimum atomic E-state index is -1.59. The average molecular weight is 328 g/mol. The molecule has 0 fully saturated rings. The highest BCUT2D eigenvalue weighted by atomic mass is 16.4. The molecular formula is C17H12O7. The number of hydrogen-bond donors (Lipinski definition) is 3. The molecule has 0 amide bonds. The van der Waals surface area contributed by atoms with Crippen molar-refractivity contribution in [1.29, 1.82) is 0 Å². The van der Waals surface area contributed by atoms with Gasteiger partial charge in [-0.05, 0) is 18.6 Å². The van der Waals surface area contributed by atoms with Gasteiger partial charge in [-0.2, -0.15) is 0 Å². The van der Waals surface area contributed by atoms with Crippen molar-refractivity contribution in [2.45, 2.75) is 6.92 Å². The monoisotopic (exact) mass is 328 g/mol. The van der Waals surface area contributed by atoms with E-state index in [9.17, 15) is 29.4 Å². The van der Waals surface area contributed by atoms with Crippen LogP contribution in [0.25, 0.3) is 0 Å². The first-order valence-electron chi connectivity index (χ1n) is 6.73. The summed E-state index contributed by atoms with van der Waals surface area (Å²) < 4.78 is 0. The van der Waals surface area contributed by atoms with Gasteiger partial charge in [0.1, 0.15) is 0 Å². The summed E-state index contributed by atoms with van der Waals surface area (Å²) in [7, 11) is 0. The summed E-state index contributed by atoms with van der Waals surface area (Å²) in [6.07, 6.45) is 0. The Morgan fingerprint density at radius 2 is 1.25 bits per heavy atom. The predicted molar refractivity (Wildman–Crippen MR) is 81.9 cm³/mol. The first kappa shape index (κ1) is 16.9. The van der Waals surface area contributed by atoms with Crippen LogP contribution in [-0.2, 0) is 0 Å². The van der Waals surface area contributed by atoms with Crippen molar-refractivity contribution in [3.8, 4) is 0 Å². The van der Waals surface area contributed by atoms with Gasteiger partial charge in [-0.1, -0.05) is 30.3 Å². The fraction of sp³-hybridized carbons (Fsp3) is 0.0588. The van der Waals surface area contributed by atoms with Gasteiger partial charge < -0.3 is 15.3 Å². The number of aromatic carboxylic acids is 3. The topological polar surface area (TPSA) is 129 Å². The molecule has 0 spiro atoms. The molecule has 0 atom stereocenters. The molecule has 0 aromatic heterocycles. The van der Waals surface area contributed by atoms with Crippen molar-refractivity contribution in [2.75, 3.05) is 0 Å². The van der Waals surface area contributed by atoms with Gasteiger partial charge in [-0.25, -0.2) is 14.4 Å². The molecule has 2 rings (SSSR count). The van der Waals surface area contributed by atoms with E-state index in [1.165, 1.54) is 19.1 Å². The van der Waals surface area contributed by atoms with E-state index in [-0.39, 0.29) is 16.7 Å². The predicted octanol–water partition coefficient (Wildman–Crippen LogP) is 2.32. The van der Waals surface area contributed by atoms with E-state index in [0.717, 1.165) is 0 Å². The quantitative estimate of drug-likeness (QED) is 0.718. The lowest BCUT2D eigenvalue weighted by Crippen LogP contribution is -2.19. The summed E-state index contributed by atoms with van der Waals surface area (Å²) in [6.45, 7) is 1.22. The summed E-state index contributed by atoms with van der Waals surface area (Å²) in [6, 6.07) is 8.44. The molecule has 0 saturated heterocycles. The number of carboxylic acids is 3. The van der Waals surface area contributed by atoms with E-state index >= 15 is 0 Å². The van der Waals surface area contributed by atoms with Crippen molar-refractivity contribution in [3.63, 3.8) is 0 Å². The van der Waals surface area contributed by atoms with Crippen molar-refractivity contribution in [3.05, 3.63) is 69.8 Å². The summed E-state index contributed by atoms with van der Waals surface area (Å²) >= 11 is 0. The number of ketones is 1. The van der Waals surface area contributed by atoms with E-state index in [4.69, 9.17) is 5.11 Å². The second-order valence-electron chi connectivity index (χ2n) is 4.96. The first-order valence-corrected chi connectivity index (χ1v) is 6.73. The van der Waals surface area contributed by atoms with Gasteiger partial charge in [0.25, 0.3) is 0 Å². The smallest absolute Gasteiger partial charge is 0.336 e. The third-order valence-corrected chi connectivity index (χ3v) is 3.52. The van der Waals surface area contributed by atoms with Crippen LogP contribution in [0.3, 0.4) is 0 Å². The highest BCUT2D eigenvalue weighted by Crippen LogP contribution is 2.26. The maximum Gasteiger partial charge on any atom is 0.336 e. The van der Waals surface area contributed by atoms with Gasteiger partial charge in [0.15, 0.2) is 5.78 Å². The molecule has 0 aliphatic carbocycles. The van der Waals surface area contributed by atoms with E-state index in [1.807, 2.05) is 0 Å². The molecule has 0 aliphatic heterocycles.